The third-order valence-corrected chi connectivity index (χ3v) is 10.8. The highest BCUT2D eigenvalue weighted by Crippen LogP contribution is 2.63. The summed E-state index contributed by atoms with van der Waals surface area (Å²) in [5.41, 5.74) is 1.17. The van der Waals surface area contributed by atoms with Crippen LogP contribution in [0.1, 0.15) is 29.1 Å². The van der Waals surface area contributed by atoms with E-state index in [0.717, 1.165) is 0 Å². The number of alkyl halides is 2. The zero-order chi connectivity index (χ0) is 25.1. The van der Waals surface area contributed by atoms with Gasteiger partial charge in [0, 0.05) is 34.3 Å². The fraction of sp³-hybridized carbons (Fsp3) is 0.333. The number of benzene rings is 2. The molecular weight excluding hydrogens is 576 g/mol. The lowest BCUT2D eigenvalue weighted by molar-refractivity contribution is 0.462. The smallest absolute Gasteiger partial charge is 0.346 e. The predicted molar refractivity (Wildman–Crippen MR) is 143 cm³/mol. The van der Waals surface area contributed by atoms with Crippen molar-refractivity contribution in [1.29, 1.82) is 0 Å². The van der Waals surface area contributed by atoms with Crippen LogP contribution in [0.15, 0.2) is 58.5 Å². The minimum Gasteiger partial charge on any atom is -0.416 e. The van der Waals surface area contributed by atoms with Gasteiger partial charge in [0.05, 0.1) is 11.8 Å². The molecular formula is C21H22Cl4N4O4P2. The van der Waals surface area contributed by atoms with Gasteiger partial charge in [-0.15, -0.1) is 23.2 Å². The normalized spacial score (nSPS) is 27.8. The molecule has 2 aliphatic heterocycles. The second-order valence-electron chi connectivity index (χ2n) is 7.65. The summed E-state index contributed by atoms with van der Waals surface area (Å²) in [7, 11) is -6.95. The van der Waals surface area contributed by atoms with E-state index in [0.29, 0.717) is 27.6 Å². The molecule has 0 unspecified atom stereocenters. The molecule has 0 bridgehead atoms. The van der Waals surface area contributed by atoms with Crippen molar-refractivity contribution in [1.82, 2.24) is 10.2 Å². The number of aliphatic imine (C=N–C) groups is 2. The quantitative estimate of drug-likeness (QED) is 0.174. The average Bonchev–Trinajstić information content (AvgIpc) is 3.36. The van der Waals surface area contributed by atoms with E-state index in [-0.39, 0.29) is 36.6 Å². The number of nitrogens with zero attached hydrogens (tertiary/aromatic N) is 2. The average molecular weight is 598 g/mol. The van der Waals surface area contributed by atoms with Gasteiger partial charge < -0.3 is 9.05 Å². The van der Waals surface area contributed by atoms with E-state index in [2.05, 4.69) is 20.2 Å². The van der Waals surface area contributed by atoms with Crippen LogP contribution < -0.4 is 10.2 Å². The summed E-state index contributed by atoms with van der Waals surface area (Å²) in [6, 6.07) is 14.0. The standard InChI is InChI=1S/C21H22Cl4N4O4P2/c22-12-18-28-20(14-6-1-3-8-16(14)24)34(30,32-18)26-10-5-11-27-35(31)21(29-19(13-23)33-35)15-7-2-4-9-17(15)25/h1-4,6-9,20-21H,5,10-13H2,(H,26,30)(H,27,31)/t20-,21+,34-,35+. The fourth-order valence-corrected chi connectivity index (χ4v) is 8.91. The van der Waals surface area contributed by atoms with E-state index in [1.165, 1.54) is 0 Å². The van der Waals surface area contributed by atoms with E-state index in [4.69, 9.17) is 55.5 Å². The molecule has 4 rings (SSSR count). The van der Waals surface area contributed by atoms with Gasteiger partial charge in [0.1, 0.15) is 0 Å². The lowest BCUT2D eigenvalue weighted by atomic mass is 10.2. The van der Waals surface area contributed by atoms with Gasteiger partial charge in [-0.3, -0.25) is 9.13 Å². The molecule has 0 radical (unpaired) electrons. The van der Waals surface area contributed by atoms with Crippen molar-refractivity contribution in [2.45, 2.75) is 18.0 Å². The third-order valence-electron chi connectivity index (χ3n) is 5.27. The number of rotatable bonds is 10. The first kappa shape index (κ1) is 27.0. The van der Waals surface area contributed by atoms with E-state index in [1.54, 1.807) is 48.5 Å². The van der Waals surface area contributed by atoms with Crippen LogP contribution in [0.2, 0.25) is 10.0 Å². The largest absolute Gasteiger partial charge is 0.416 e. The molecule has 0 saturated heterocycles. The maximum atomic E-state index is 13.6. The van der Waals surface area contributed by atoms with E-state index >= 15 is 0 Å². The van der Waals surface area contributed by atoms with Gasteiger partial charge in [-0.2, -0.15) is 0 Å². The lowest BCUT2D eigenvalue weighted by Gasteiger charge is -2.21. The lowest BCUT2D eigenvalue weighted by Crippen LogP contribution is -2.22. The van der Waals surface area contributed by atoms with Gasteiger partial charge in [-0.25, -0.2) is 20.2 Å². The number of nitrogens with one attached hydrogen (secondary N) is 2. The Balaban J connectivity index is 1.39. The van der Waals surface area contributed by atoms with Crippen molar-refractivity contribution in [2.24, 2.45) is 9.98 Å². The molecule has 14 heteroatoms. The van der Waals surface area contributed by atoms with Crippen LogP contribution in [0.5, 0.6) is 0 Å². The van der Waals surface area contributed by atoms with E-state index in [9.17, 15) is 9.13 Å². The van der Waals surface area contributed by atoms with Crippen molar-refractivity contribution in [2.75, 3.05) is 24.8 Å². The van der Waals surface area contributed by atoms with Gasteiger partial charge in [-0.05, 0) is 18.6 Å². The molecule has 188 valence electrons. The SMILES string of the molecule is O=[P@]1(NCCCN[P@]2(=O)OC(CCl)=N[C@H]2c2ccccc2Cl)OC(CCl)=N[C@@H]1c1ccccc1Cl. The molecule has 2 N–H and O–H groups in total. The van der Waals surface area contributed by atoms with Crippen LogP contribution in [0.25, 0.3) is 0 Å². The van der Waals surface area contributed by atoms with Gasteiger partial charge in [-0.1, -0.05) is 59.6 Å². The first-order valence-electron chi connectivity index (χ1n) is 10.6. The van der Waals surface area contributed by atoms with Crippen molar-refractivity contribution >= 4 is 73.2 Å². The Morgan fingerprint density at radius 1 is 0.743 bits per heavy atom. The summed E-state index contributed by atoms with van der Waals surface area (Å²) in [6.07, 6.45) is 0.442. The highest BCUT2D eigenvalue weighted by Gasteiger charge is 2.45. The van der Waals surface area contributed by atoms with E-state index in [1.807, 2.05) is 0 Å². The molecule has 0 saturated carbocycles. The Morgan fingerprint density at radius 3 is 1.51 bits per heavy atom. The fourth-order valence-electron chi connectivity index (χ4n) is 3.67. The molecule has 0 fully saturated rings. The molecule has 35 heavy (non-hydrogen) atoms. The van der Waals surface area contributed by atoms with Crippen LogP contribution in [0, 0.1) is 0 Å². The Labute approximate surface area is 223 Å². The highest BCUT2D eigenvalue weighted by atomic mass is 35.5. The Kier molecular flexibility index (Phi) is 8.89. The molecule has 0 spiro atoms. The summed E-state index contributed by atoms with van der Waals surface area (Å²) < 4.78 is 38.4. The molecule has 4 atom stereocenters. The second kappa shape index (κ2) is 11.5. The number of halogens is 4. The van der Waals surface area contributed by atoms with Gasteiger partial charge >= 0.3 is 15.0 Å². The molecule has 2 aliphatic rings. The summed E-state index contributed by atoms with van der Waals surface area (Å²) in [4.78, 5) is 8.73. The monoisotopic (exact) mass is 596 g/mol. The minimum atomic E-state index is -3.47. The maximum absolute atomic E-state index is 13.6. The van der Waals surface area contributed by atoms with Crippen LogP contribution in [-0.4, -0.2) is 36.6 Å². The zero-order valence-corrected chi connectivity index (χ0v) is 23.1. The third kappa shape index (κ3) is 5.92. The molecule has 2 heterocycles. The topological polar surface area (TPSA) is 101 Å². The minimum absolute atomic E-state index is 0.0129. The van der Waals surface area contributed by atoms with Crippen LogP contribution >= 0.6 is 61.4 Å². The maximum Gasteiger partial charge on any atom is 0.346 e. The highest BCUT2D eigenvalue weighted by molar-refractivity contribution is 7.58. The van der Waals surface area contributed by atoms with Gasteiger partial charge in [0.25, 0.3) is 0 Å². The molecule has 0 aromatic heterocycles. The molecule has 2 aromatic rings. The molecule has 8 nitrogen and oxygen atoms in total. The van der Waals surface area contributed by atoms with E-state index < -0.39 is 26.6 Å². The Morgan fingerprint density at radius 2 is 1.14 bits per heavy atom. The Bertz CT molecular complexity index is 1150. The predicted octanol–water partition coefficient (Wildman–Crippen LogP) is 6.98. The second-order valence-corrected chi connectivity index (χ2v) is 13.4. The summed E-state index contributed by atoms with van der Waals surface area (Å²) in [5.74, 6) is -1.27. The summed E-state index contributed by atoms with van der Waals surface area (Å²) in [6.45, 7) is 0.548. The zero-order valence-electron chi connectivity index (χ0n) is 18.2. The van der Waals surface area contributed by atoms with Crippen LogP contribution in [0.4, 0.5) is 0 Å². The first-order valence-corrected chi connectivity index (χ1v) is 15.8. The number of hydrogen-bond donors (Lipinski definition) is 2. The van der Waals surface area contributed by atoms with Crippen molar-refractivity contribution < 1.29 is 18.2 Å². The molecule has 2 aromatic carbocycles. The van der Waals surface area contributed by atoms with Crippen molar-refractivity contribution in [3.63, 3.8) is 0 Å². The number of hydrogen-bond acceptors (Lipinski definition) is 6. The first-order chi connectivity index (χ1) is 16.8. The molecule has 0 aliphatic carbocycles. The van der Waals surface area contributed by atoms with Crippen molar-refractivity contribution in [3.05, 3.63) is 69.7 Å². The Hall–Kier alpha value is -1.08. The summed E-state index contributed by atoms with van der Waals surface area (Å²) >= 11 is 24.4. The van der Waals surface area contributed by atoms with Crippen LogP contribution in [-0.2, 0) is 18.2 Å². The summed E-state index contributed by atoms with van der Waals surface area (Å²) in [5, 5.41) is 6.80. The van der Waals surface area contributed by atoms with Gasteiger partial charge in [0.2, 0.25) is 11.8 Å². The van der Waals surface area contributed by atoms with Gasteiger partial charge in [0.15, 0.2) is 11.6 Å². The molecule has 0 amide bonds. The van der Waals surface area contributed by atoms with Crippen LogP contribution in [0.3, 0.4) is 0 Å². The van der Waals surface area contributed by atoms with Crippen molar-refractivity contribution in [3.8, 4) is 0 Å².